The Labute approximate surface area is 137 Å². The second kappa shape index (κ2) is 8.44. The number of hydrogen-bond acceptors (Lipinski definition) is 4. The van der Waals surface area contributed by atoms with Crippen molar-refractivity contribution in [1.29, 1.82) is 0 Å². The van der Waals surface area contributed by atoms with Gasteiger partial charge in [0.1, 0.15) is 5.75 Å². The number of phenols is 1. The van der Waals surface area contributed by atoms with Crippen LogP contribution in [-0.4, -0.2) is 25.4 Å². The van der Waals surface area contributed by atoms with E-state index in [1.165, 1.54) is 0 Å². The molecule has 0 spiro atoms. The van der Waals surface area contributed by atoms with Gasteiger partial charge in [0.15, 0.2) is 11.5 Å². The van der Waals surface area contributed by atoms with Crippen LogP contribution in [0.4, 0.5) is 0 Å². The SMILES string of the molecule is CCCOc1c(CC(CN)c2ccc(O)cc2)cccc1OC. The number of methoxy groups -OCH3 is 1. The Kier molecular flexibility index (Phi) is 6.29. The topological polar surface area (TPSA) is 64.7 Å². The molecule has 0 aliphatic carbocycles. The summed E-state index contributed by atoms with van der Waals surface area (Å²) in [6.45, 7) is 3.25. The van der Waals surface area contributed by atoms with Crippen LogP contribution in [0.1, 0.15) is 30.4 Å². The summed E-state index contributed by atoms with van der Waals surface area (Å²) >= 11 is 0. The number of nitrogens with two attached hydrogens (primary N) is 1. The molecule has 23 heavy (non-hydrogen) atoms. The summed E-state index contributed by atoms with van der Waals surface area (Å²) in [5, 5.41) is 9.44. The Hall–Kier alpha value is -2.20. The van der Waals surface area contributed by atoms with E-state index in [9.17, 15) is 5.11 Å². The highest BCUT2D eigenvalue weighted by Crippen LogP contribution is 2.34. The van der Waals surface area contributed by atoms with Crippen LogP contribution in [-0.2, 0) is 6.42 Å². The van der Waals surface area contributed by atoms with Gasteiger partial charge in [-0.25, -0.2) is 0 Å². The van der Waals surface area contributed by atoms with E-state index in [1.54, 1.807) is 19.2 Å². The lowest BCUT2D eigenvalue weighted by Crippen LogP contribution is -2.15. The van der Waals surface area contributed by atoms with E-state index in [0.29, 0.717) is 13.2 Å². The molecule has 124 valence electrons. The molecule has 0 aliphatic rings. The maximum atomic E-state index is 9.44. The van der Waals surface area contributed by atoms with E-state index < -0.39 is 0 Å². The van der Waals surface area contributed by atoms with Crippen molar-refractivity contribution in [2.75, 3.05) is 20.3 Å². The minimum Gasteiger partial charge on any atom is -0.508 e. The normalized spacial score (nSPS) is 12.0. The Morgan fingerprint density at radius 2 is 1.87 bits per heavy atom. The molecule has 2 aromatic carbocycles. The first-order valence-corrected chi connectivity index (χ1v) is 7.97. The lowest BCUT2D eigenvalue weighted by Gasteiger charge is -2.19. The van der Waals surface area contributed by atoms with E-state index in [2.05, 4.69) is 13.0 Å². The predicted octanol–water partition coefficient (Wildman–Crippen LogP) is 3.47. The molecule has 0 fully saturated rings. The minimum absolute atomic E-state index is 0.159. The molecule has 0 amide bonds. The first-order chi connectivity index (χ1) is 11.2. The minimum atomic E-state index is 0.159. The molecule has 0 aromatic heterocycles. The van der Waals surface area contributed by atoms with Gasteiger partial charge in [0, 0.05) is 5.92 Å². The highest BCUT2D eigenvalue weighted by atomic mass is 16.5. The molecule has 0 radical (unpaired) electrons. The van der Waals surface area contributed by atoms with Crippen LogP contribution in [0.15, 0.2) is 42.5 Å². The van der Waals surface area contributed by atoms with Gasteiger partial charge in [-0.05, 0) is 48.7 Å². The zero-order chi connectivity index (χ0) is 16.7. The molecule has 4 nitrogen and oxygen atoms in total. The molecule has 2 rings (SSSR count). The van der Waals surface area contributed by atoms with Crippen LogP contribution in [0.3, 0.4) is 0 Å². The second-order valence-corrected chi connectivity index (χ2v) is 5.53. The Morgan fingerprint density at radius 1 is 1.13 bits per heavy atom. The highest BCUT2D eigenvalue weighted by molar-refractivity contribution is 5.47. The largest absolute Gasteiger partial charge is 0.508 e. The van der Waals surface area contributed by atoms with Crippen molar-refractivity contribution in [2.24, 2.45) is 5.73 Å². The van der Waals surface area contributed by atoms with Crippen molar-refractivity contribution >= 4 is 0 Å². The first-order valence-electron chi connectivity index (χ1n) is 7.97. The van der Waals surface area contributed by atoms with Gasteiger partial charge in [0.25, 0.3) is 0 Å². The number of benzene rings is 2. The summed E-state index contributed by atoms with van der Waals surface area (Å²) in [6, 6.07) is 13.1. The lowest BCUT2D eigenvalue weighted by molar-refractivity contribution is 0.290. The van der Waals surface area contributed by atoms with Crippen molar-refractivity contribution in [3.05, 3.63) is 53.6 Å². The number of phenolic OH excluding ortho intramolecular Hbond substituents is 1. The molecule has 3 N–H and O–H groups in total. The maximum absolute atomic E-state index is 9.44. The Morgan fingerprint density at radius 3 is 2.48 bits per heavy atom. The highest BCUT2D eigenvalue weighted by Gasteiger charge is 2.16. The summed E-state index contributed by atoms with van der Waals surface area (Å²) in [5.41, 5.74) is 8.17. The molecule has 0 saturated carbocycles. The first kappa shape index (κ1) is 17.2. The van der Waals surface area contributed by atoms with Crippen molar-refractivity contribution in [2.45, 2.75) is 25.7 Å². The van der Waals surface area contributed by atoms with Gasteiger partial charge in [-0.2, -0.15) is 0 Å². The number of ether oxygens (including phenoxy) is 2. The third kappa shape index (κ3) is 4.39. The van der Waals surface area contributed by atoms with Crippen molar-refractivity contribution < 1.29 is 14.6 Å². The molecule has 1 atom stereocenters. The number of aromatic hydroxyl groups is 1. The summed E-state index contributed by atoms with van der Waals surface area (Å²) < 4.78 is 11.3. The van der Waals surface area contributed by atoms with E-state index in [0.717, 1.165) is 35.5 Å². The van der Waals surface area contributed by atoms with Crippen LogP contribution >= 0.6 is 0 Å². The molecular formula is C19H25NO3. The van der Waals surface area contributed by atoms with Crippen molar-refractivity contribution in [3.8, 4) is 17.2 Å². The van der Waals surface area contributed by atoms with Crippen LogP contribution in [0.5, 0.6) is 17.2 Å². The predicted molar refractivity (Wildman–Crippen MR) is 92.4 cm³/mol. The van der Waals surface area contributed by atoms with E-state index >= 15 is 0 Å². The summed E-state index contributed by atoms with van der Waals surface area (Å²) in [7, 11) is 1.65. The zero-order valence-electron chi connectivity index (χ0n) is 13.8. The average Bonchev–Trinajstić information content (AvgIpc) is 2.59. The zero-order valence-corrected chi connectivity index (χ0v) is 13.8. The second-order valence-electron chi connectivity index (χ2n) is 5.53. The average molecular weight is 315 g/mol. The fraction of sp³-hybridized carbons (Fsp3) is 0.368. The third-order valence-corrected chi connectivity index (χ3v) is 3.85. The number of rotatable bonds is 8. The fourth-order valence-corrected chi connectivity index (χ4v) is 2.60. The summed E-state index contributed by atoms with van der Waals surface area (Å²) in [4.78, 5) is 0. The van der Waals surface area contributed by atoms with Gasteiger partial charge in [0.05, 0.1) is 13.7 Å². The van der Waals surface area contributed by atoms with Crippen LogP contribution in [0, 0.1) is 0 Å². The van der Waals surface area contributed by atoms with Crippen LogP contribution in [0.25, 0.3) is 0 Å². The van der Waals surface area contributed by atoms with E-state index in [-0.39, 0.29) is 11.7 Å². The number of para-hydroxylation sites is 1. The van der Waals surface area contributed by atoms with Gasteiger partial charge in [-0.1, -0.05) is 31.2 Å². The Balaban J connectivity index is 2.27. The van der Waals surface area contributed by atoms with Gasteiger partial charge < -0.3 is 20.3 Å². The molecule has 0 aliphatic heterocycles. The summed E-state index contributed by atoms with van der Waals surface area (Å²) in [5.74, 6) is 1.97. The third-order valence-electron chi connectivity index (χ3n) is 3.85. The van der Waals surface area contributed by atoms with Crippen LogP contribution in [0.2, 0.25) is 0 Å². The molecule has 0 bridgehead atoms. The molecule has 2 aromatic rings. The maximum Gasteiger partial charge on any atom is 0.164 e. The van der Waals surface area contributed by atoms with Gasteiger partial charge >= 0.3 is 0 Å². The van der Waals surface area contributed by atoms with Crippen molar-refractivity contribution in [3.63, 3.8) is 0 Å². The lowest BCUT2D eigenvalue weighted by atomic mass is 9.91. The number of hydrogen-bond donors (Lipinski definition) is 2. The van der Waals surface area contributed by atoms with E-state index in [4.69, 9.17) is 15.2 Å². The molecular weight excluding hydrogens is 290 g/mol. The molecule has 1 unspecified atom stereocenters. The summed E-state index contributed by atoms with van der Waals surface area (Å²) in [6.07, 6.45) is 1.70. The quantitative estimate of drug-likeness (QED) is 0.783. The van der Waals surface area contributed by atoms with Crippen molar-refractivity contribution in [1.82, 2.24) is 0 Å². The molecule has 0 saturated heterocycles. The molecule has 0 heterocycles. The van der Waals surface area contributed by atoms with Gasteiger partial charge in [-0.3, -0.25) is 0 Å². The van der Waals surface area contributed by atoms with Gasteiger partial charge in [0.2, 0.25) is 0 Å². The van der Waals surface area contributed by atoms with Gasteiger partial charge in [-0.15, -0.1) is 0 Å². The fourth-order valence-electron chi connectivity index (χ4n) is 2.60. The Bertz CT molecular complexity index is 611. The molecule has 4 heteroatoms. The monoisotopic (exact) mass is 315 g/mol. The standard InChI is InChI=1S/C19H25NO3/c1-3-11-23-19-15(5-4-6-18(19)22-2)12-16(13-20)14-7-9-17(21)10-8-14/h4-10,16,21H,3,11-13,20H2,1-2H3. The smallest absolute Gasteiger partial charge is 0.164 e. The van der Waals surface area contributed by atoms with Crippen LogP contribution < -0.4 is 15.2 Å². The van der Waals surface area contributed by atoms with E-state index in [1.807, 2.05) is 24.3 Å².